The maximum Gasteiger partial charge on any atom is 0.326 e. The SMILES string of the molecule is CC[C@@]1(C)NC(=O)N(CC(=O)OCC(=O)NCCc2ccc(OC)cc2)C1=O. The van der Waals surface area contributed by atoms with Gasteiger partial charge in [0.1, 0.15) is 17.8 Å². The molecule has 152 valence electrons. The molecule has 1 fully saturated rings. The van der Waals surface area contributed by atoms with Crippen molar-refractivity contribution < 1.29 is 28.7 Å². The molecule has 2 rings (SSSR count). The van der Waals surface area contributed by atoms with Crippen LogP contribution in [0.25, 0.3) is 0 Å². The van der Waals surface area contributed by atoms with E-state index in [1.807, 2.05) is 24.3 Å². The van der Waals surface area contributed by atoms with Crippen LogP contribution in [0, 0.1) is 0 Å². The Labute approximate surface area is 163 Å². The summed E-state index contributed by atoms with van der Waals surface area (Å²) < 4.78 is 9.93. The quantitative estimate of drug-likeness (QED) is 0.471. The highest BCUT2D eigenvalue weighted by molar-refractivity contribution is 6.08. The van der Waals surface area contributed by atoms with E-state index in [0.29, 0.717) is 19.4 Å². The normalized spacial score (nSPS) is 18.6. The number of esters is 1. The van der Waals surface area contributed by atoms with Gasteiger partial charge in [0.05, 0.1) is 7.11 Å². The van der Waals surface area contributed by atoms with Crippen molar-refractivity contribution in [3.05, 3.63) is 29.8 Å². The Morgan fingerprint density at radius 1 is 1.21 bits per heavy atom. The van der Waals surface area contributed by atoms with Crippen LogP contribution >= 0.6 is 0 Å². The molecule has 4 amide bonds. The zero-order valence-corrected chi connectivity index (χ0v) is 16.2. The first-order chi connectivity index (χ1) is 13.3. The molecule has 28 heavy (non-hydrogen) atoms. The molecular weight excluding hydrogens is 366 g/mol. The van der Waals surface area contributed by atoms with Gasteiger partial charge in [-0.05, 0) is 37.5 Å². The Morgan fingerprint density at radius 2 is 1.89 bits per heavy atom. The van der Waals surface area contributed by atoms with Gasteiger partial charge in [-0.15, -0.1) is 0 Å². The minimum absolute atomic E-state index is 0.380. The number of carbonyl (C=O) groups excluding carboxylic acids is 4. The second kappa shape index (κ2) is 9.20. The Hall–Kier alpha value is -3.10. The number of ether oxygens (including phenoxy) is 2. The lowest BCUT2D eigenvalue weighted by Crippen LogP contribution is -2.43. The number of imide groups is 1. The number of hydrogen-bond acceptors (Lipinski definition) is 6. The van der Waals surface area contributed by atoms with Crippen molar-refractivity contribution in [2.45, 2.75) is 32.2 Å². The van der Waals surface area contributed by atoms with Crippen molar-refractivity contribution >= 4 is 23.8 Å². The lowest BCUT2D eigenvalue weighted by atomic mass is 9.99. The summed E-state index contributed by atoms with van der Waals surface area (Å²) >= 11 is 0. The molecule has 9 nitrogen and oxygen atoms in total. The van der Waals surface area contributed by atoms with Crippen molar-refractivity contribution in [1.82, 2.24) is 15.5 Å². The number of urea groups is 1. The number of methoxy groups -OCH3 is 1. The van der Waals surface area contributed by atoms with E-state index < -0.39 is 42.5 Å². The van der Waals surface area contributed by atoms with Crippen LogP contribution in [-0.2, 0) is 25.5 Å². The standard InChI is InChI=1S/C19H25N3O6/c1-4-19(2)17(25)22(18(26)21-19)11-16(24)28-12-15(23)20-10-9-13-5-7-14(27-3)8-6-13/h5-8H,4,9-12H2,1-3H3,(H,20,23)(H,21,26)/t19-/m1/s1. The number of amides is 4. The Bertz CT molecular complexity index is 749. The van der Waals surface area contributed by atoms with E-state index in [9.17, 15) is 19.2 Å². The first kappa shape index (κ1) is 21.2. The summed E-state index contributed by atoms with van der Waals surface area (Å²) in [4.78, 5) is 48.5. The van der Waals surface area contributed by atoms with Gasteiger partial charge >= 0.3 is 12.0 Å². The van der Waals surface area contributed by atoms with Crippen LogP contribution in [0.3, 0.4) is 0 Å². The molecule has 1 aliphatic heterocycles. The third-order valence-electron chi connectivity index (χ3n) is 4.60. The van der Waals surface area contributed by atoms with Crippen molar-refractivity contribution in [3.63, 3.8) is 0 Å². The third-order valence-corrected chi connectivity index (χ3v) is 4.60. The Balaban J connectivity index is 1.70. The molecule has 0 bridgehead atoms. The fraction of sp³-hybridized carbons (Fsp3) is 0.474. The molecule has 0 aromatic heterocycles. The largest absolute Gasteiger partial charge is 0.497 e. The number of nitrogens with one attached hydrogen (secondary N) is 2. The Morgan fingerprint density at radius 3 is 2.46 bits per heavy atom. The first-order valence-corrected chi connectivity index (χ1v) is 8.98. The molecule has 9 heteroatoms. The van der Waals surface area contributed by atoms with Gasteiger partial charge in [0.15, 0.2) is 6.61 Å². The second-order valence-corrected chi connectivity index (χ2v) is 6.62. The van der Waals surface area contributed by atoms with E-state index in [0.717, 1.165) is 16.2 Å². The minimum atomic E-state index is -1.02. The number of nitrogens with zero attached hydrogens (tertiary/aromatic N) is 1. The molecule has 0 saturated carbocycles. The van der Waals surface area contributed by atoms with Crippen LogP contribution in [0.2, 0.25) is 0 Å². The monoisotopic (exact) mass is 391 g/mol. The zero-order chi connectivity index (χ0) is 20.7. The van der Waals surface area contributed by atoms with Gasteiger partial charge in [0.2, 0.25) is 0 Å². The number of carbonyl (C=O) groups is 4. The predicted octanol–water partition coefficient (Wildman–Crippen LogP) is 0.618. The molecule has 1 aromatic rings. The van der Waals surface area contributed by atoms with Crippen molar-refractivity contribution in [1.29, 1.82) is 0 Å². The summed E-state index contributed by atoms with van der Waals surface area (Å²) in [6.45, 7) is 2.73. The van der Waals surface area contributed by atoms with Crippen molar-refractivity contribution in [3.8, 4) is 5.75 Å². The lowest BCUT2D eigenvalue weighted by Gasteiger charge is -2.18. The van der Waals surface area contributed by atoms with Crippen LogP contribution in [0.5, 0.6) is 5.75 Å². The molecule has 1 aliphatic rings. The average Bonchev–Trinajstić information content (AvgIpc) is 2.90. The smallest absolute Gasteiger partial charge is 0.326 e. The first-order valence-electron chi connectivity index (χ1n) is 8.98. The minimum Gasteiger partial charge on any atom is -0.497 e. The van der Waals surface area contributed by atoms with Gasteiger partial charge in [-0.1, -0.05) is 19.1 Å². The molecular formula is C19H25N3O6. The third kappa shape index (κ3) is 5.21. The highest BCUT2D eigenvalue weighted by Gasteiger charge is 2.47. The summed E-state index contributed by atoms with van der Waals surface area (Å²) in [5, 5.41) is 5.18. The highest BCUT2D eigenvalue weighted by atomic mass is 16.5. The second-order valence-electron chi connectivity index (χ2n) is 6.62. The van der Waals surface area contributed by atoms with Crippen LogP contribution in [0.4, 0.5) is 4.79 Å². The van der Waals surface area contributed by atoms with Gasteiger partial charge in [-0.2, -0.15) is 0 Å². The summed E-state index contributed by atoms with van der Waals surface area (Å²) in [6, 6.07) is 6.81. The van der Waals surface area contributed by atoms with Crippen LogP contribution < -0.4 is 15.4 Å². The molecule has 1 aromatic carbocycles. The predicted molar refractivity (Wildman–Crippen MR) is 99.6 cm³/mol. The van der Waals surface area contributed by atoms with E-state index in [1.165, 1.54) is 0 Å². The van der Waals surface area contributed by atoms with E-state index in [-0.39, 0.29) is 0 Å². The zero-order valence-electron chi connectivity index (χ0n) is 16.2. The van der Waals surface area contributed by atoms with Crippen LogP contribution in [-0.4, -0.2) is 61.1 Å². The van der Waals surface area contributed by atoms with Gasteiger partial charge in [-0.25, -0.2) is 4.79 Å². The van der Waals surface area contributed by atoms with Gasteiger partial charge in [0, 0.05) is 6.54 Å². The molecule has 2 N–H and O–H groups in total. The van der Waals surface area contributed by atoms with Crippen LogP contribution in [0.1, 0.15) is 25.8 Å². The lowest BCUT2D eigenvalue weighted by molar-refractivity contribution is -0.151. The summed E-state index contributed by atoms with van der Waals surface area (Å²) in [7, 11) is 1.59. The van der Waals surface area contributed by atoms with E-state index in [1.54, 1.807) is 21.0 Å². The van der Waals surface area contributed by atoms with E-state index in [2.05, 4.69) is 10.6 Å². The Kier molecular flexibility index (Phi) is 6.97. The molecule has 0 unspecified atom stereocenters. The molecule has 1 atom stereocenters. The van der Waals surface area contributed by atoms with Crippen molar-refractivity contribution in [2.75, 3.05) is 26.8 Å². The van der Waals surface area contributed by atoms with E-state index in [4.69, 9.17) is 9.47 Å². The van der Waals surface area contributed by atoms with Crippen LogP contribution in [0.15, 0.2) is 24.3 Å². The van der Waals surface area contributed by atoms with E-state index >= 15 is 0 Å². The van der Waals surface area contributed by atoms with Gasteiger partial charge in [-0.3, -0.25) is 19.3 Å². The fourth-order valence-corrected chi connectivity index (χ4v) is 2.64. The maximum atomic E-state index is 12.2. The number of benzene rings is 1. The summed E-state index contributed by atoms with van der Waals surface area (Å²) in [5.41, 5.74) is 0.00606. The summed E-state index contributed by atoms with van der Waals surface area (Å²) in [6.07, 6.45) is 1.02. The van der Waals surface area contributed by atoms with Gasteiger partial charge in [0.25, 0.3) is 11.8 Å². The highest BCUT2D eigenvalue weighted by Crippen LogP contribution is 2.20. The number of hydrogen-bond donors (Lipinski definition) is 2. The maximum absolute atomic E-state index is 12.2. The molecule has 1 heterocycles. The topological polar surface area (TPSA) is 114 Å². The molecule has 0 radical (unpaired) electrons. The van der Waals surface area contributed by atoms with Gasteiger partial charge < -0.3 is 20.1 Å². The summed E-state index contributed by atoms with van der Waals surface area (Å²) in [5.74, 6) is -1.02. The van der Waals surface area contributed by atoms with Crippen molar-refractivity contribution in [2.24, 2.45) is 0 Å². The molecule has 0 spiro atoms. The number of rotatable bonds is 9. The molecule has 0 aliphatic carbocycles. The fourth-order valence-electron chi connectivity index (χ4n) is 2.64. The average molecular weight is 391 g/mol. The molecule has 1 saturated heterocycles.